The molecule has 0 aliphatic rings. The molecule has 1 amide bonds. The zero-order valence-electron chi connectivity index (χ0n) is 10.7. The normalized spacial score (nSPS) is 12.2. The number of nitrogens with two attached hydrogens (primary N) is 1. The third-order valence-electron chi connectivity index (χ3n) is 2.46. The van der Waals surface area contributed by atoms with Crippen molar-refractivity contribution < 1.29 is 9.53 Å². The molecule has 0 heterocycles. The number of halogens is 1. The highest BCUT2D eigenvalue weighted by atomic mass is 79.9. The second-order valence-electron chi connectivity index (χ2n) is 4.20. The Balaban J connectivity index is 2.44. The number of hydrogen-bond acceptors (Lipinski definition) is 3. The van der Waals surface area contributed by atoms with Gasteiger partial charge in [-0.25, -0.2) is 0 Å². The van der Waals surface area contributed by atoms with Crippen molar-refractivity contribution in [2.24, 2.45) is 0 Å². The van der Waals surface area contributed by atoms with E-state index in [0.29, 0.717) is 11.4 Å². The van der Waals surface area contributed by atoms with Gasteiger partial charge in [0.05, 0.1) is 11.8 Å². The van der Waals surface area contributed by atoms with E-state index in [1.807, 2.05) is 6.92 Å². The van der Waals surface area contributed by atoms with Crippen LogP contribution in [0.2, 0.25) is 0 Å². The molecule has 18 heavy (non-hydrogen) atoms. The molecule has 1 aromatic carbocycles. The van der Waals surface area contributed by atoms with E-state index in [1.165, 1.54) is 0 Å². The average Bonchev–Trinajstić information content (AvgIpc) is 2.31. The predicted octanol–water partition coefficient (Wildman–Crippen LogP) is 3.18. The maximum absolute atomic E-state index is 11.7. The first-order valence-corrected chi connectivity index (χ1v) is 6.78. The molecule has 0 saturated heterocycles. The Morgan fingerprint density at radius 3 is 2.89 bits per heavy atom. The molecule has 0 aliphatic heterocycles. The lowest BCUT2D eigenvalue weighted by atomic mass is 10.2. The Morgan fingerprint density at radius 1 is 1.56 bits per heavy atom. The summed E-state index contributed by atoms with van der Waals surface area (Å²) in [5, 5.41) is 2.77. The number of amides is 1. The van der Waals surface area contributed by atoms with Crippen LogP contribution in [-0.2, 0) is 9.53 Å². The molecule has 5 heteroatoms. The third-order valence-corrected chi connectivity index (χ3v) is 3.12. The molecule has 1 unspecified atom stereocenters. The summed E-state index contributed by atoms with van der Waals surface area (Å²) in [7, 11) is 0. The topological polar surface area (TPSA) is 64.3 Å². The minimum atomic E-state index is -0.163. The second-order valence-corrected chi connectivity index (χ2v) is 5.05. The Morgan fingerprint density at radius 2 is 2.28 bits per heavy atom. The lowest BCUT2D eigenvalue weighted by Gasteiger charge is -2.12. The molecule has 100 valence electrons. The number of anilines is 2. The van der Waals surface area contributed by atoms with Gasteiger partial charge >= 0.3 is 0 Å². The summed E-state index contributed by atoms with van der Waals surface area (Å²) >= 11 is 3.34. The number of nitrogen functional groups attached to an aromatic ring is 1. The van der Waals surface area contributed by atoms with Crippen molar-refractivity contribution in [1.82, 2.24) is 0 Å². The zero-order valence-corrected chi connectivity index (χ0v) is 12.3. The van der Waals surface area contributed by atoms with Gasteiger partial charge in [0.1, 0.15) is 6.61 Å². The van der Waals surface area contributed by atoms with Crippen molar-refractivity contribution in [3.05, 3.63) is 22.7 Å². The van der Waals surface area contributed by atoms with Gasteiger partial charge in [0.25, 0.3) is 0 Å². The fourth-order valence-corrected chi connectivity index (χ4v) is 2.02. The van der Waals surface area contributed by atoms with E-state index >= 15 is 0 Å². The van der Waals surface area contributed by atoms with Crippen molar-refractivity contribution in [3.8, 4) is 0 Å². The third kappa shape index (κ3) is 5.06. The molecule has 0 aliphatic carbocycles. The molecule has 1 rings (SSSR count). The molecule has 0 spiro atoms. The van der Waals surface area contributed by atoms with Gasteiger partial charge in [-0.3, -0.25) is 4.79 Å². The lowest BCUT2D eigenvalue weighted by molar-refractivity contribution is -0.122. The number of carbonyl (C=O) groups excluding carboxylic acids is 1. The first kappa shape index (κ1) is 15.0. The van der Waals surface area contributed by atoms with Crippen LogP contribution in [0.15, 0.2) is 22.7 Å². The highest BCUT2D eigenvalue weighted by Crippen LogP contribution is 2.24. The van der Waals surface area contributed by atoms with E-state index in [-0.39, 0.29) is 18.6 Å². The highest BCUT2D eigenvalue weighted by molar-refractivity contribution is 9.10. The van der Waals surface area contributed by atoms with Gasteiger partial charge in [0, 0.05) is 10.2 Å². The summed E-state index contributed by atoms with van der Waals surface area (Å²) in [6.45, 7) is 4.12. The van der Waals surface area contributed by atoms with E-state index in [0.717, 1.165) is 17.3 Å². The van der Waals surface area contributed by atoms with Crippen molar-refractivity contribution in [1.29, 1.82) is 0 Å². The van der Waals surface area contributed by atoms with Crippen LogP contribution in [0.3, 0.4) is 0 Å². The number of rotatable bonds is 6. The molecule has 1 aromatic rings. The predicted molar refractivity (Wildman–Crippen MR) is 77.5 cm³/mol. The molecule has 0 fully saturated rings. The molecule has 3 N–H and O–H groups in total. The van der Waals surface area contributed by atoms with Crippen LogP contribution < -0.4 is 11.1 Å². The van der Waals surface area contributed by atoms with Gasteiger partial charge in [-0.1, -0.05) is 13.3 Å². The van der Waals surface area contributed by atoms with Crippen molar-refractivity contribution in [3.63, 3.8) is 0 Å². The number of nitrogens with one attached hydrogen (secondary N) is 1. The van der Waals surface area contributed by atoms with Gasteiger partial charge in [-0.05, 0) is 47.5 Å². The lowest BCUT2D eigenvalue weighted by Crippen LogP contribution is -2.22. The van der Waals surface area contributed by atoms with Crippen LogP contribution in [0.25, 0.3) is 0 Å². The highest BCUT2D eigenvalue weighted by Gasteiger charge is 2.08. The molecule has 1 atom stereocenters. The Labute approximate surface area is 116 Å². The summed E-state index contributed by atoms with van der Waals surface area (Å²) in [4.78, 5) is 11.7. The summed E-state index contributed by atoms with van der Waals surface area (Å²) < 4.78 is 6.19. The average molecular weight is 315 g/mol. The smallest absolute Gasteiger partial charge is 0.250 e. The van der Waals surface area contributed by atoms with E-state index in [9.17, 15) is 4.79 Å². The number of ether oxygens (including phenoxy) is 1. The van der Waals surface area contributed by atoms with Crippen molar-refractivity contribution in [2.75, 3.05) is 17.7 Å². The molecule has 0 aromatic heterocycles. The van der Waals surface area contributed by atoms with Gasteiger partial charge in [0.2, 0.25) is 5.91 Å². The van der Waals surface area contributed by atoms with Crippen molar-refractivity contribution in [2.45, 2.75) is 32.8 Å². The maximum Gasteiger partial charge on any atom is 0.250 e. The molecule has 4 nitrogen and oxygen atoms in total. The maximum atomic E-state index is 11.7. The van der Waals surface area contributed by atoms with Crippen LogP contribution in [0.5, 0.6) is 0 Å². The quantitative estimate of drug-likeness (QED) is 0.793. The van der Waals surface area contributed by atoms with Crippen LogP contribution >= 0.6 is 15.9 Å². The van der Waals surface area contributed by atoms with E-state index < -0.39 is 0 Å². The standard InChI is InChI=1S/C13H19BrN2O2/c1-3-4-9(2)18-8-13(17)16-12-6-5-10(15)7-11(12)14/h5-7,9H,3-4,8,15H2,1-2H3,(H,16,17). The summed E-state index contributed by atoms with van der Waals surface area (Å²) in [6.07, 6.45) is 2.11. The van der Waals surface area contributed by atoms with Crippen LogP contribution in [0.4, 0.5) is 11.4 Å². The largest absolute Gasteiger partial charge is 0.399 e. The minimum Gasteiger partial charge on any atom is -0.399 e. The first-order chi connectivity index (χ1) is 8.52. The minimum absolute atomic E-state index is 0.0674. The van der Waals surface area contributed by atoms with Gasteiger partial charge in [-0.15, -0.1) is 0 Å². The van der Waals surface area contributed by atoms with Gasteiger partial charge < -0.3 is 15.8 Å². The van der Waals surface area contributed by atoms with E-state index in [1.54, 1.807) is 18.2 Å². The van der Waals surface area contributed by atoms with Crippen LogP contribution in [-0.4, -0.2) is 18.6 Å². The molecular formula is C13H19BrN2O2. The second kappa shape index (κ2) is 7.38. The molecule has 0 radical (unpaired) electrons. The van der Waals surface area contributed by atoms with Gasteiger partial charge in [-0.2, -0.15) is 0 Å². The fourth-order valence-electron chi connectivity index (χ4n) is 1.53. The Hall–Kier alpha value is -1.07. The van der Waals surface area contributed by atoms with Crippen LogP contribution in [0.1, 0.15) is 26.7 Å². The number of carbonyl (C=O) groups is 1. The summed E-state index contributed by atoms with van der Waals surface area (Å²) in [5.41, 5.74) is 6.96. The molecule has 0 bridgehead atoms. The monoisotopic (exact) mass is 314 g/mol. The Bertz CT molecular complexity index is 410. The number of benzene rings is 1. The summed E-state index contributed by atoms with van der Waals surface area (Å²) in [6, 6.07) is 5.24. The van der Waals surface area contributed by atoms with Gasteiger partial charge in [0.15, 0.2) is 0 Å². The molecular weight excluding hydrogens is 296 g/mol. The zero-order chi connectivity index (χ0) is 13.5. The summed E-state index contributed by atoms with van der Waals surface area (Å²) in [5.74, 6) is -0.163. The first-order valence-electron chi connectivity index (χ1n) is 5.99. The van der Waals surface area contributed by atoms with Crippen molar-refractivity contribution >= 4 is 33.2 Å². The fraction of sp³-hybridized carbons (Fsp3) is 0.462. The van der Waals surface area contributed by atoms with Crippen LogP contribution in [0, 0.1) is 0 Å². The Kier molecular flexibility index (Phi) is 6.15. The molecule has 0 saturated carbocycles. The van der Waals surface area contributed by atoms with E-state index in [2.05, 4.69) is 28.2 Å². The number of hydrogen-bond donors (Lipinski definition) is 2. The SMILES string of the molecule is CCCC(C)OCC(=O)Nc1ccc(N)cc1Br. The van der Waals surface area contributed by atoms with E-state index in [4.69, 9.17) is 10.5 Å².